The zero-order valence-corrected chi connectivity index (χ0v) is 11.2. The molecule has 102 valence electrons. The third-order valence-corrected chi connectivity index (χ3v) is 4.70. The number of hydrogen-bond acceptors (Lipinski definition) is 2. The normalized spacial score (nSPS) is 20.6. The van der Waals surface area contributed by atoms with Crippen molar-refractivity contribution in [2.75, 3.05) is 5.32 Å². The molecule has 1 aromatic rings. The van der Waals surface area contributed by atoms with Gasteiger partial charge >= 0.3 is 5.97 Å². The molecule has 1 aromatic carbocycles. The fraction of sp³-hybridized carbons (Fsp3) is 0.562. The zero-order chi connectivity index (χ0) is 13.3. The largest absolute Gasteiger partial charge is 0.481 e. The van der Waals surface area contributed by atoms with Gasteiger partial charge in [0, 0.05) is 18.2 Å². The maximum atomic E-state index is 10.6. The van der Waals surface area contributed by atoms with Crippen LogP contribution in [0.3, 0.4) is 0 Å². The van der Waals surface area contributed by atoms with Crippen LogP contribution in [0.1, 0.15) is 44.1 Å². The van der Waals surface area contributed by atoms with Gasteiger partial charge in [-0.05, 0) is 55.2 Å². The summed E-state index contributed by atoms with van der Waals surface area (Å²) in [6.07, 6.45) is 7.69. The molecule has 2 N–H and O–H groups in total. The first kappa shape index (κ1) is 12.5. The van der Waals surface area contributed by atoms with E-state index in [1.807, 2.05) is 12.1 Å². The standard InChI is InChI=1S/C16H21NO2/c18-15(19)6-5-12-3-1-4-13(9-12)17-14-10-16(11-14)7-2-8-16/h1,3-4,9,14,17H,2,5-8,10-11H2,(H,18,19). The molecule has 3 heteroatoms. The van der Waals surface area contributed by atoms with Crippen molar-refractivity contribution in [1.29, 1.82) is 0 Å². The van der Waals surface area contributed by atoms with Gasteiger partial charge in [-0.2, -0.15) is 0 Å². The predicted molar refractivity (Wildman–Crippen MR) is 75.3 cm³/mol. The van der Waals surface area contributed by atoms with Crippen LogP contribution in [-0.2, 0) is 11.2 Å². The lowest BCUT2D eigenvalue weighted by molar-refractivity contribution is -0.136. The molecule has 3 nitrogen and oxygen atoms in total. The molecule has 2 aliphatic rings. The van der Waals surface area contributed by atoms with Gasteiger partial charge in [0.25, 0.3) is 0 Å². The Bertz CT molecular complexity index is 471. The van der Waals surface area contributed by atoms with E-state index in [1.165, 1.54) is 32.1 Å². The summed E-state index contributed by atoms with van der Waals surface area (Å²) in [6.45, 7) is 0. The molecule has 3 rings (SSSR count). The average Bonchev–Trinajstić information content (AvgIpc) is 2.29. The number of aryl methyl sites for hydroxylation is 1. The van der Waals surface area contributed by atoms with Crippen LogP contribution in [-0.4, -0.2) is 17.1 Å². The summed E-state index contributed by atoms with van der Waals surface area (Å²) in [4.78, 5) is 10.6. The first-order valence-corrected chi connectivity index (χ1v) is 7.23. The minimum atomic E-state index is -0.732. The highest BCUT2D eigenvalue weighted by Gasteiger charge is 2.47. The van der Waals surface area contributed by atoms with Crippen LogP contribution in [0.15, 0.2) is 24.3 Å². The van der Waals surface area contributed by atoms with Crippen molar-refractivity contribution in [1.82, 2.24) is 0 Å². The number of carboxylic acid groups (broad SMARTS) is 1. The number of benzene rings is 1. The van der Waals surface area contributed by atoms with Crippen molar-refractivity contribution in [3.8, 4) is 0 Å². The Morgan fingerprint density at radius 1 is 1.37 bits per heavy atom. The van der Waals surface area contributed by atoms with Crippen LogP contribution in [0.5, 0.6) is 0 Å². The highest BCUT2D eigenvalue weighted by atomic mass is 16.4. The Labute approximate surface area is 114 Å². The molecule has 2 fully saturated rings. The second-order valence-electron chi connectivity index (χ2n) is 6.20. The lowest BCUT2D eigenvalue weighted by Crippen LogP contribution is -2.49. The first-order chi connectivity index (χ1) is 9.15. The van der Waals surface area contributed by atoms with Crippen LogP contribution in [0.2, 0.25) is 0 Å². The van der Waals surface area contributed by atoms with E-state index in [0.29, 0.717) is 17.9 Å². The van der Waals surface area contributed by atoms with E-state index in [2.05, 4.69) is 17.4 Å². The van der Waals surface area contributed by atoms with Crippen LogP contribution in [0.4, 0.5) is 5.69 Å². The molecule has 0 amide bonds. The minimum Gasteiger partial charge on any atom is -0.481 e. The van der Waals surface area contributed by atoms with Gasteiger partial charge in [0.2, 0.25) is 0 Å². The smallest absolute Gasteiger partial charge is 0.303 e. The number of aliphatic carboxylic acids is 1. The summed E-state index contributed by atoms with van der Waals surface area (Å²) in [6, 6.07) is 8.81. The molecular formula is C16H21NO2. The summed E-state index contributed by atoms with van der Waals surface area (Å²) in [5, 5.41) is 12.3. The topological polar surface area (TPSA) is 49.3 Å². The van der Waals surface area contributed by atoms with Crippen molar-refractivity contribution in [2.24, 2.45) is 5.41 Å². The molecule has 0 atom stereocenters. The summed E-state index contributed by atoms with van der Waals surface area (Å²) in [5.41, 5.74) is 2.94. The van der Waals surface area contributed by atoms with E-state index in [9.17, 15) is 4.79 Å². The number of hydrogen-bond donors (Lipinski definition) is 2. The Balaban J connectivity index is 1.53. The SMILES string of the molecule is O=C(O)CCc1cccc(NC2CC3(CCC3)C2)c1. The van der Waals surface area contributed by atoms with Gasteiger partial charge in [0.15, 0.2) is 0 Å². The fourth-order valence-electron chi connectivity index (χ4n) is 3.48. The van der Waals surface area contributed by atoms with E-state index in [4.69, 9.17) is 5.11 Å². The zero-order valence-electron chi connectivity index (χ0n) is 11.2. The summed E-state index contributed by atoms with van der Waals surface area (Å²) < 4.78 is 0. The van der Waals surface area contributed by atoms with Gasteiger partial charge in [-0.15, -0.1) is 0 Å². The maximum absolute atomic E-state index is 10.6. The molecule has 0 radical (unpaired) electrons. The summed E-state index contributed by atoms with van der Waals surface area (Å²) >= 11 is 0. The number of carboxylic acids is 1. The number of rotatable bonds is 5. The van der Waals surface area contributed by atoms with Crippen molar-refractivity contribution < 1.29 is 9.90 Å². The third-order valence-electron chi connectivity index (χ3n) is 4.70. The quantitative estimate of drug-likeness (QED) is 0.851. The molecule has 1 spiro atoms. The van der Waals surface area contributed by atoms with Crippen LogP contribution in [0.25, 0.3) is 0 Å². The van der Waals surface area contributed by atoms with E-state index in [1.54, 1.807) is 0 Å². The highest BCUT2D eigenvalue weighted by Crippen LogP contribution is 2.56. The lowest BCUT2D eigenvalue weighted by atomic mass is 9.54. The minimum absolute atomic E-state index is 0.204. The van der Waals surface area contributed by atoms with Gasteiger partial charge in [-0.3, -0.25) is 4.79 Å². The molecule has 0 bridgehead atoms. The van der Waals surface area contributed by atoms with Gasteiger partial charge in [0.05, 0.1) is 0 Å². The first-order valence-electron chi connectivity index (χ1n) is 7.23. The Morgan fingerprint density at radius 2 is 2.16 bits per heavy atom. The molecule has 0 aromatic heterocycles. The number of anilines is 1. The van der Waals surface area contributed by atoms with Crippen molar-refractivity contribution in [2.45, 2.75) is 51.0 Å². The van der Waals surface area contributed by atoms with Crippen LogP contribution >= 0.6 is 0 Å². The average molecular weight is 259 g/mol. The van der Waals surface area contributed by atoms with Gasteiger partial charge in [0.1, 0.15) is 0 Å². The highest BCUT2D eigenvalue weighted by molar-refractivity contribution is 5.67. The van der Waals surface area contributed by atoms with E-state index >= 15 is 0 Å². The summed E-state index contributed by atoms with van der Waals surface area (Å²) in [5.74, 6) is -0.732. The van der Waals surface area contributed by atoms with Gasteiger partial charge < -0.3 is 10.4 Å². The molecule has 0 heterocycles. The van der Waals surface area contributed by atoms with E-state index in [0.717, 1.165) is 11.3 Å². The van der Waals surface area contributed by atoms with E-state index < -0.39 is 5.97 Å². The number of nitrogens with one attached hydrogen (secondary N) is 1. The molecule has 0 unspecified atom stereocenters. The second kappa shape index (κ2) is 4.87. The Morgan fingerprint density at radius 3 is 2.79 bits per heavy atom. The molecule has 0 saturated heterocycles. The second-order valence-corrected chi connectivity index (χ2v) is 6.20. The van der Waals surface area contributed by atoms with Crippen molar-refractivity contribution in [3.05, 3.63) is 29.8 Å². The van der Waals surface area contributed by atoms with E-state index in [-0.39, 0.29) is 6.42 Å². The molecular weight excluding hydrogens is 238 g/mol. The maximum Gasteiger partial charge on any atom is 0.303 e. The summed E-state index contributed by atoms with van der Waals surface area (Å²) in [7, 11) is 0. The van der Waals surface area contributed by atoms with Crippen molar-refractivity contribution >= 4 is 11.7 Å². The van der Waals surface area contributed by atoms with Crippen molar-refractivity contribution in [3.63, 3.8) is 0 Å². The Kier molecular flexibility index (Phi) is 3.21. The molecule has 2 saturated carbocycles. The molecule has 2 aliphatic carbocycles. The fourth-order valence-corrected chi connectivity index (χ4v) is 3.48. The van der Waals surface area contributed by atoms with Gasteiger partial charge in [-0.25, -0.2) is 0 Å². The monoisotopic (exact) mass is 259 g/mol. The number of carbonyl (C=O) groups is 1. The van der Waals surface area contributed by atoms with Crippen LogP contribution in [0, 0.1) is 5.41 Å². The Hall–Kier alpha value is -1.51. The predicted octanol–water partition coefficient (Wildman–Crippen LogP) is 3.45. The van der Waals surface area contributed by atoms with Gasteiger partial charge in [-0.1, -0.05) is 18.6 Å². The lowest BCUT2D eigenvalue weighted by Gasteiger charge is -2.54. The molecule has 0 aliphatic heterocycles. The van der Waals surface area contributed by atoms with Crippen LogP contribution < -0.4 is 5.32 Å². The third kappa shape index (κ3) is 2.75. The molecule has 19 heavy (non-hydrogen) atoms.